The van der Waals surface area contributed by atoms with Crippen molar-refractivity contribution in [2.45, 2.75) is 31.7 Å². The molecule has 0 bridgehead atoms. The third-order valence-corrected chi connectivity index (χ3v) is 2.16. The zero-order valence-corrected chi connectivity index (χ0v) is 7.80. The highest BCUT2D eigenvalue weighted by molar-refractivity contribution is 5.73. The Hall–Kier alpha value is -0.780. The third kappa shape index (κ3) is 2.17. The maximum Gasteiger partial charge on any atom is 0.415 e. The van der Waals surface area contributed by atoms with Gasteiger partial charge in [0, 0.05) is 0 Å². The van der Waals surface area contributed by atoms with Crippen LogP contribution in [0.3, 0.4) is 0 Å². The minimum Gasteiger partial charge on any atom is -0.469 e. The van der Waals surface area contributed by atoms with E-state index in [1.165, 1.54) is 6.92 Å². The molecule has 1 aliphatic heterocycles. The molecule has 0 aliphatic carbocycles. The van der Waals surface area contributed by atoms with Gasteiger partial charge in [-0.2, -0.15) is 13.2 Å². The van der Waals surface area contributed by atoms with Gasteiger partial charge in [0.1, 0.15) is 0 Å². The molecular formula is C8H11F3O3. The van der Waals surface area contributed by atoms with Crippen LogP contribution in [0.15, 0.2) is 0 Å². The van der Waals surface area contributed by atoms with Crippen LogP contribution in [0.4, 0.5) is 13.2 Å². The summed E-state index contributed by atoms with van der Waals surface area (Å²) in [5.74, 6) is -2.09. The molecule has 0 aromatic heterocycles. The van der Waals surface area contributed by atoms with Gasteiger partial charge in [-0.25, -0.2) is 0 Å². The van der Waals surface area contributed by atoms with Crippen LogP contribution in [-0.2, 0) is 14.3 Å². The molecule has 1 heterocycles. The fraction of sp³-hybridized carbons (Fsp3) is 0.875. The molecule has 3 atom stereocenters. The second-order valence-electron chi connectivity index (χ2n) is 3.27. The van der Waals surface area contributed by atoms with Crippen molar-refractivity contribution >= 4 is 5.97 Å². The van der Waals surface area contributed by atoms with E-state index in [1.807, 2.05) is 0 Å². The van der Waals surface area contributed by atoms with E-state index in [-0.39, 0.29) is 6.42 Å². The number of carbonyl (C=O) groups is 1. The van der Waals surface area contributed by atoms with Gasteiger partial charge in [0.2, 0.25) is 0 Å². The van der Waals surface area contributed by atoms with E-state index in [0.29, 0.717) is 0 Å². The second kappa shape index (κ2) is 3.76. The summed E-state index contributed by atoms with van der Waals surface area (Å²) < 4.78 is 46.0. The summed E-state index contributed by atoms with van der Waals surface area (Å²) in [7, 11) is 1.07. The number of ether oxygens (including phenoxy) is 2. The highest BCUT2D eigenvalue weighted by atomic mass is 19.4. The smallest absolute Gasteiger partial charge is 0.415 e. The summed E-state index contributed by atoms with van der Waals surface area (Å²) >= 11 is 0. The van der Waals surface area contributed by atoms with E-state index in [0.717, 1.165) is 7.11 Å². The minimum absolute atomic E-state index is 0.0524. The molecule has 0 N–H and O–H groups in total. The highest BCUT2D eigenvalue weighted by Gasteiger charge is 2.53. The van der Waals surface area contributed by atoms with Crippen molar-refractivity contribution in [1.29, 1.82) is 0 Å². The van der Waals surface area contributed by atoms with Crippen LogP contribution >= 0.6 is 0 Å². The van der Waals surface area contributed by atoms with E-state index in [2.05, 4.69) is 9.47 Å². The van der Waals surface area contributed by atoms with Gasteiger partial charge in [0.15, 0.2) is 6.10 Å². The summed E-state index contributed by atoms with van der Waals surface area (Å²) in [6.45, 7) is 1.50. The van der Waals surface area contributed by atoms with Crippen molar-refractivity contribution in [3.05, 3.63) is 0 Å². The first-order valence-corrected chi connectivity index (χ1v) is 4.16. The van der Waals surface area contributed by atoms with Crippen LogP contribution in [0.5, 0.6) is 0 Å². The van der Waals surface area contributed by atoms with Crippen LogP contribution in [0, 0.1) is 5.92 Å². The molecule has 0 saturated carbocycles. The number of hydrogen-bond donors (Lipinski definition) is 0. The van der Waals surface area contributed by atoms with E-state index in [4.69, 9.17) is 0 Å². The van der Waals surface area contributed by atoms with Crippen molar-refractivity contribution in [3.63, 3.8) is 0 Å². The topological polar surface area (TPSA) is 35.5 Å². The van der Waals surface area contributed by atoms with Crippen molar-refractivity contribution in [2.24, 2.45) is 5.92 Å². The number of halogens is 3. The molecular weight excluding hydrogens is 201 g/mol. The summed E-state index contributed by atoms with van der Waals surface area (Å²) in [4.78, 5) is 11.0. The van der Waals surface area contributed by atoms with E-state index < -0.39 is 30.3 Å². The number of esters is 1. The van der Waals surface area contributed by atoms with Crippen LogP contribution in [0.25, 0.3) is 0 Å². The predicted molar refractivity (Wildman–Crippen MR) is 40.5 cm³/mol. The van der Waals surface area contributed by atoms with Gasteiger partial charge in [0.25, 0.3) is 0 Å². The average molecular weight is 212 g/mol. The van der Waals surface area contributed by atoms with Crippen molar-refractivity contribution in [3.8, 4) is 0 Å². The Morgan fingerprint density at radius 3 is 2.50 bits per heavy atom. The number of carbonyl (C=O) groups excluding carboxylic acids is 1. The average Bonchev–Trinajstić information content (AvgIpc) is 2.45. The first kappa shape index (κ1) is 11.3. The normalized spacial score (nSPS) is 33.1. The largest absolute Gasteiger partial charge is 0.469 e. The molecule has 1 rings (SSSR count). The molecule has 3 unspecified atom stereocenters. The molecule has 1 fully saturated rings. The summed E-state index contributed by atoms with van der Waals surface area (Å²) in [6, 6.07) is 0. The molecule has 0 amide bonds. The lowest BCUT2D eigenvalue weighted by atomic mass is 9.99. The molecule has 0 spiro atoms. The maximum absolute atomic E-state index is 12.3. The van der Waals surface area contributed by atoms with Gasteiger partial charge in [-0.15, -0.1) is 0 Å². The molecule has 1 saturated heterocycles. The van der Waals surface area contributed by atoms with Gasteiger partial charge in [-0.05, 0) is 13.3 Å². The standard InChI is InChI=1S/C8H11F3O3/c1-4-3-5(7(12)13-2)6(14-4)8(9,10)11/h4-6H,3H2,1-2H3. The molecule has 1 aliphatic rings. The molecule has 82 valence electrons. The molecule has 6 heteroatoms. The van der Waals surface area contributed by atoms with Crippen LogP contribution in [0.2, 0.25) is 0 Å². The molecule has 0 radical (unpaired) electrons. The Morgan fingerprint density at radius 2 is 2.07 bits per heavy atom. The molecule has 14 heavy (non-hydrogen) atoms. The molecule has 0 aromatic rings. The number of alkyl halides is 3. The van der Waals surface area contributed by atoms with Crippen molar-refractivity contribution in [1.82, 2.24) is 0 Å². The quantitative estimate of drug-likeness (QED) is 0.618. The zero-order chi connectivity index (χ0) is 10.9. The molecule has 3 nitrogen and oxygen atoms in total. The lowest BCUT2D eigenvalue weighted by molar-refractivity contribution is -0.225. The Kier molecular flexibility index (Phi) is 3.04. The van der Waals surface area contributed by atoms with Crippen molar-refractivity contribution < 1.29 is 27.4 Å². The monoisotopic (exact) mass is 212 g/mol. The zero-order valence-electron chi connectivity index (χ0n) is 7.80. The van der Waals surface area contributed by atoms with Crippen LogP contribution in [-0.4, -0.2) is 31.5 Å². The maximum atomic E-state index is 12.3. The van der Waals surface area contributed by atoms with Crippen molar-refractivity contribution in [2.75, 3.05) is 7.11 Å². The number of methoxy groups -OCH3 is 1. The Bertz CT molecular complexity index is 226. The lowest BCUT2D eigenvalue weighted by Gasteiger charge is -2.19. The third-order valence-electron chi connectivity index (χ3n) is 2.16. The first-order valence-electron chi connectivity index (χ1n) is 4.16. The van der Waals surface area contributed by atoms with E-state index >= 15 is 0 Å². The van der Waals surface area contributed by atoms with Gasteiger partial charge >= 0.3 is 12.1 Å². The number of hydrogen-bond acceptors (Lipinski definition) is 3. The summed E-state index contributed by atoms with van der Waals surface area (Å²) in [6.07, 6.45) is -7.05. The summed E-state index contributed by atoms with van der Waals surface area (Å²) in [5.41, 5.74) is 0. The fourth-order valence-electron chi connectivity index (χ4n) is 1.56. The fourth-order valence-corrected chi connectivity index (χ4v) is 1.56. The Morgan fingerprint density at radius 1 is 1.50 bits per heavy atom. The van der Waals surface area contributed by atoms with Crippen LogP contribution in [0.1, 0.15) is 13.3 Å². The van der Waals surface area contributed by atoms with Crippen LogP contribution < -0.4 is 0 Å². The first-order chi connectivity index (χ1) is 6.36. The van der Waals surface area contributed by atoms with E-state index in [9.17, 15) is 18.0 Å². The second-order valence-corrected chi connectivity index (χ2v) is 3.27. The highest BCUT2D eigenvalue weighted by Crippen LogP contribution is 2.37. The number of rotatable bonds is 1. The van der Waals surface area contributed by atoms with Gasteiger partial charge < -0.3 is 9.47 Å². The summed E-state index contributed by atoms with van der Waals surface area (Å²) in [5, 5.41) is 0. The minimum atomic E-state index is -4.51. The molecule has 0 aromatic carbocycles. The van der Waals surface area contributed by atoms with Gasteiger partial charge in [-0.1, -0.05) is 0 Å². The Labute approximate surface area is 79.2 Å². The van der Waals surface area contributed by atoms with Gasteiger partial charge in [-0.3, -0.25) is 4.79 Å². The lowest BCUT2D eigenvalue weighted by Crippen LogP contribution is -2.38. The Balaban J connectivity index is 2.78. The van der Waals surface area contributed by atoms with E-state index in [1.54, 1.807) is 0 Å². The van der Waals surface area contributed by atoms with Gasteiger partial charge in [0.05, 0.1) is 19.1 Å². The SMILES string of the molecule is COC(=O)C1CC(C)OC1C(F)(F)F. The predicted octanol–water partition coefficient (Wildman–Crippen LogP) is 1.52.